The van der Waals surface area contributed by atoms with E-state index in [4.69, 9.17) is 9.15 Å². The quantitative estimate of drug-likeness (QED) is 0.320. The van der Waals surface area contributed by atoms with Gasteiger partial charge in [0.25, 0.3) is 5.22 Å². The monoisotopic (exact) mass is 349 g/mol. The SMILES string of the molecule is O=[N+]([O-])c1ccccc1OCCSc1nnc(C2CCCCC2)o1. The van der Waals surface area contributed by atoms with Crippen molar-refractivity contribution < 1.29 is 14.1 Å². The standard InChI is InChI=1S/C16H19N3O4S/c20-19(21)13-8-4-5-9-14(13)22-10-11-24-16-18-17-15(23-16)12-6-2-1-3-7-12/h4-5,8-9,12H,1-3,6-7,10-11H2. The second-order valence-electron chi connectivity index (χ2n) is 5.66. The summed E-state index contributed by atoms with van der Waals surface area (Å²) in [5.74, 6) is 1.98. The first kappa shape index (κ1) is 16.8. The minimum absolute atomic E-state index is 0.0279. The number of para-hydroxylation sites is 2. The van der Waals surface area contributed by atoms with Gasteiger partial charge in [0.2, 0.25) is 5.89 Å². The van der Waals surface area contributed by atoms with Crippen LogP contribution in [0.25, 0.3) is 0 Å². The fourth-order valence-electron chi connectivity index (χ4n) is 2.80. The molecular weight excluding hydrogens is 330 g/mol. The lowest BCUT2D eigenvalue weighted by atomic mass is 9.89. The molecule has 1 aromatic heterocycles. The summed E-state index contributed by atoms with van der Waals surface area (Å²) < 4.78 is 11.2. The van der Waals surface area contributed by atoms with Crippen LogP contribution in [0.3, 0.4) is 0 Å². The van der Waals surface area contributed by atoms with E-state index in [9.17, 15) is 10.1 Å². The highest BCUT2D eigenvalue weighted by Gasteiger charge is 2.21. The van der Waals surface area contributed by atoms with Crippen molar-refractivity contribution >= 4 is 17.4 Å². The van der Waals surface area contributed by atoms with Crippen molar-refractivity contribution in [1.29, 1.82) is 0 Å². The van der Waals surface area contributed by atoms with Crippen molar-refractivity contribution in [1.82, 2.24) is 10.2 Å². The maximum atomic E-state index is 10.9. The van der Waals surface area contributed by atoms with Crippen molar-refractivity contribution in [2.45, 2.75) is 43.2 Å². The Morgan fingerprint density at radius 3 is 2.83 bits per heavy atom. The summed E-state index contributed by atoms with van der Waals surface area (Å²) in [5, 5.41) is 19.7. The van der Waals surface area contributed by atoms with Crippen LogP contribution in [0.15, 0.2) is 33.9 Å². The van der Waals surface area contributed by atoms with Crippen molar-refractivity contribution in [3.8, 4) is 5.75 Å². The van der Waals surface area contributed by atoms with Gasteiger partial charge in [0.15, 0.2) is 5.75 Å². The molecule has 24 heavy (non-hydrogen) atoms. The van der Waals surface area contributed by atoms with Crippen LogP contribution < -0.4 is 4.74 Å². The molecule has 8 heteroatoms. The Bertz CT molecular complexity index is 685. The first-order valence-corrected chi connectivity index (χ1v) is 9.05. The zero-order chi connectivity index (χ0) is 16.8. The molecule has 3 rings (SSSR count). The maximum absolute atomic E-state index is 10.9. The summed E-state index contributed by atoms with van der Waals surface area (Å²) in [7, 11) is 0. The van der Waals surface area contributed by atoms with E-state index in [1.807, 2.05) is 0 Å². The minimum atomic E-state index is -0.447. The first-order chi connectivity index (χ1) is 11.7. The molecule has 0 aliphatic heterocycles. The Hall–Kier alpha value is -2.09. The third kappa shape index (κ3) is 4.25. The number of rotatable bonds is 7. The van der Waals surface area contributed by atoms with Gasteiger partial charge in [0, 0.05) is 17.7 Å². The first-order valence-electron chi connectivity index (χ1n) is 8.06. The van der Waals surface area contributed by atoms with Gasteiger partial charge < -0.3 is 9.15 Å². The smallest absolute Gasteiger partial charge is 0.310 e. The Morgan fingerprint density at radius 1 is 1.25 bits per heavy atom. The number of benzene rings is 1. The molecule has 0 N–H and O–H groups in total. The van der Waals surface area contributed by atoms with Crippen molar-refractivity contribution in [2.75, 3.05) is 12.4 Å². The highest BCUT2D eigenvalue weighted by atomic mass is 32.2. The summed E-state index contributed by atoms with van der Waals surface area (Å²) in [6.45, 7) is 0.330. The van der Waals surface area contributed by atoms with Crippen molar-refractivity contribution in [2.24, 2.45) is 0 Å². The molecule has 0 radical (unpaired) electrons. The highest BCUT2D eigenvalue weighted by molar-refractivity contribution is 7.99. The number of hydrogen-bond donors (Lipinski definition) is 0. The van der Waals surface area contributed by atoms with Crippen LogP contribution >= 0.6 is 11.8 Å². The molecule has 1 fully saturated rings. The molecule has 0 amide bonds. The fraction of sp³-hybridized carbons (Fsp3) is 0.500. The van der Waals surface area contributed by atoms with E-state index in [0.717, 1.165) is 18.7 Å². The number of ether oxygens (including phenoxy) is 1. The van der Waals surface area contributed by atoms with Gasteiger partial charge in [0.1, 0.15) is 0 Å². The van der Waals surface area contributed by atoms with Gasteiger partial charge in [0.05, 0.1) is 11.5 Å². The molecule has 2 aromatic rings. The fourth-order valence-corrected chi connectivity index (χ4v) is 3.39. The number of nitro benzene ring substituents is 1. The summed E-state index contributed by atoms with van der Waals surface area (Å²) in [5.41, 5.74) is -0.0279. The van der Waals surface area contributed by atoms with Gasteiger partial charge in [-0.25, -0.2) is 0 Å². The maximum Gasteiger partial charge on any atom is 0.310 e. The second kappa shape index (κ2) is 8.14. The summed E-state index contributed by atoms with van der Waals surface area (Å²) >= 11 is 1.40. The molecular formula is C16H19N3O4S. The third-order valence-corrected chi connectivity index (χ3v) is 4.79. The van der Waals surface area contributed by atoms with Gasteiger partial charge in [-0.05, 0) is 18.9 Å². The number of hydrogen-bond acceptors (Lipinski definition) is 7. The summed E-state index contributed by atoms with van der Waals surface area (Å²) in [4.78, 5) is 10.5. The Morgan fingerprint density at radius 2 is 2.04 bits per heavy atom. The van der Waals surface area contributed by atoms with Crippen LogP contribution in [-0.4, -0.2) is 27.5 Å². The lowest BCUT2D eigenvalue weighted by molar-refractivity contribution is -0.385. The van der Waals surface area contributed by atoms with E-state index >= 15 is 0 Å². The molecule has 0 bridgehead atoms. The molecule has 1 aliphatic carbocycles. The molecule has 7 nitrogen and oxygen atoms in total. The Kier molecular flexibility index (Phi) is 5.68. The Labute approximate surface area is 143 Å². The van der Waals surface area contributed by atoms with Crippen LogP contribution in [0.2, 0.25) is 0 Å². The minimum Gasteiger partial charge on any atom is -0.486 e. The highest BCUT2D eigenvalue weighted by Crippen LogP contribution is 2.33. The zero-order valence-corrected chi connectivity index (χ0v) is 14.0. The van der Waals surface area contributed by atoms with E-state index < -0.39 is 4.92 Å². The lowest BCUT2D eigenvalue weighted by Crippen LogP contribution is -2.04. The predicted octanol–water partition coefficient (Wildman–Crippen LogP) is 4.20. The predicted molar refractivity (Wildman–Crippen MR) is 89.4 cm³/mol. The number of thioether (sulfide) groups is 1. The molecule has 0 saturated heterocycles. The molecule has 128 valence electrons. The van der Waals surface area contributed by atoms with Crippen LogP contribution in [0, 0.1) is 10.1 Å². The summed E-state index contributed by atoms with van der Waals surface area (Å²) in [6.07, 6.45) is 5.97. The normalized spacial score (nSPS) is 15.3. The average Bonchev–Trinajstić information content (AvgIpc) is 3.09. The Balaban J connectivity index is 1.47. The van der Waals surface area contributed by atoms with Gasteiger partial charge in [-0.3, -0.25) is 10.1 Å². The van der Waals surface area contributed by atoms with Crippen molar-refractivity contribution in [3.05, 3.63) is 40.3 Å². The van der Waals surface area contributed by atoms with Gasteiger partial charge >= 0.3 is 5.69 Å². The molecule has 0 unspecified atom stereocenters. The summed E-state index contributed by atoms with van der Waals surface area (Å²) in [6, 6.07) is 6.35. The third-order valence-electron chi connectivity index (χ3n) is 4.00. The molecule has 1 aliphatic rings. The van der Waals surface area contributed by atoms with E-state index in [1.165, 1.54) is 37.1 Å². The largest absolute Gasteiger partial charge is 0.486 e. The molecule has 1 aromatic carbocycles. The molecule has 0 spiro atoms. The van der Waals surface area contributed by atoms with Gasteiger partial charge in [-0.2, -0.15) is 0 Å². The average molecular weight is 349 g/mol. The van der Waals surface area contributed by atoms with Gasteiger partial charge in [-0.1, -0.05) is 43.2 Å². The zero-order valence-electron chi connectivity index (χ0n) is 13.2. The number of aromatic nitrogens is 2. The molecule has 1 saturated carbocycles. The number of nitro groups is 1. The topological polar surface area (TPSA) is 91.3 Å². The van der Waals surface area contributed by atoms with Crippen LogP contribution in [0.1, 0.15) is 43.9 Å². The van der Waals surface area contributed by atoms with Gasteiger partial charge in [-0.15, -0.1) is 10.2 Å². The molecule has 1 heterocycles. The van der Waals surface area contributed by atoms with Crippen LogP contribution in [0.5, 0.6) is 5.75 Å². The van der Waals surface area contributed by atoms with Crippen LogP contribution in [0.4, 0.5) is 5.69 Å². The lowest BCUT2D eigenvalue weighted by Gasteiger charge is -2.17. The number of nitrogens with zero attached hydrogens (tertiary/aromatic N) is 3. The van der Waals surface area contributed by atoms with Crippen molar-refractivity contribution in [3.63, 3.8) is 0 Å². The van der Waals surface area contributed by atoms with E-state index in [-0.39, 0.29) is 11.4 Å². The van der Waals surface area contributed by atoms with E-state index in [2.05, 4.69) is 10.2 Å². The second-order valence-corrected chi connectivity index (χ2v) is 6.71. The molecule has 0 atom stereocenters. The van der Waals surface area contributed by atoms with E-state index in [0.29, 0.717) is 23.5 Å². The van der Waals surface area contributed by atoms with Crippen LogP contribution in [-0.2, 0) is 0 Å². The van der Waals surface area contributed by atoms with E-state index in [1.54, 1.807) is 18.2 Å².